The van der Waals surface area contributed by atoms with Crippen LogP contribution in [-0.2, 0) is 9.59 Å². The number of rotatable bonds is 10. The average Bonchev–Trinajstić information content (AvgIpc) is 3.59. The minimum atomic E-state index is -0.459. The smallest absolute Gasteiger partial charge is 0.272 e. The van der Waals surface area contributed by atoms with Gasteiger partial charge in [-0.25, -0.2) is 0 Å². The number of anilines is 2. The molecule has 3 amide bonds. The van der Waals surface area contributed by atoms with Crippen LogP contribution in [0.5, 0.6) is 0 Å². The molecule has 0 saturated carbocycles. The first-order valence-electron chi connectivity index (χ1n) is 12.9. The number of amides is 3. The number of hydrogen-bond donors (Lipinski definition) is 4. The third-order valence-electron chi connectivity index (χ3n) is 6.06. The monoisotopic (exact) mass is 565 g/mol. The maximum atomic E-state index is 13.4. The van der Waals surface area contributed by atoms with Crippen LogP contribution in [-0.4, -0.2) is 33.6 Å². The second kappa shape index (κ2) is 12.8. The van der Waals surface area contributed by atoms with Gasteiger partial charge in [0, 0.05) is 57.0 Å². The summed E-state index contributed by atoms with van der Waals surface area (Å²) in [4.78, 5) is 42.5. The van der Waals surface area contributed by atoms with Gasteiger partial charge in [0.25, 0.3) is 11.8 Å². The summed E-state index contributed by atoms with van der Waals surface area (Å²) >= 11 is 1.52. The van der Waals surface area contributed by atoms with E-state index in [4.69, 9.17) is 4.52 Å². The number of benzene rings is 3. The van der Waals surface area contributed by atoms with Crippen LogP contribution in [0.4, 0.5) is 11.5 Å². The largest absolute Gasteiger partial charge is 0.361 e. The summed E-state index contributed by atoms with van der Waals surface area (Å²) in [6.45, 7) is 1.76. The van der Waals surface area contributed by atoms with Crippen LogP contribution in [0, 0.1) is 6.92 Å². The summed E-state index contributed by atoms with van der Waals surface area (Å²) in [5.74, 6) is 0.594. The number of carbonyl (C=O) groups excluding carboxylic acids is 3. The Balaban J connectivity index is 1.24. The summed E-state index contributed by atoms with van der Waals surface area (Å²) in [5, 5.41) is 13.0. The van der Waals surface area contributed by atoms with Gasteiger partial charge in [-0.2, -0.15) is 0 Å². The number of thioether (sulfide) groups is 1. The molecule has 0 radical (unpaired) electrons. The van der Waals surface area contributed by atoms with Crippen molar-refractivity contribution in [2.24, 2.45) is 0 Å². The van der Waals surface area contributed by atoms with E-state index in [9.17, 15) is 14.4 Å². The van der Waals surface area contributed by atoms with Gasteiger partial charge in [0.1, 0.15) is 11.5 Å². The molecule has 3 aromatic carbocycles. The van der Waals surface area contributed by atoms with Gasteiger partial charge in [-0.1, -0.05) is 41.6 Å². The Morgan fingerprint density at radius 1 is 0.951 bits per heavy atom. The van der Waals surface area contributed by atoms with Crippen molar-refractivity contribution in [3.8, 4) is 0 Å². The first-order chi connectivity index (χ1) is 19.9. The molecule has 0 spiro atoms. The van der Waals surface area contributed by atoms with E-state index in [-0.39, 0.29) is 17.5 Å². The summed E-state index contributed by atoms with van der Waals surface area (Å²) in [6.07, 6.45) is 3.76. The molecule has 0 atom stereocenters. The predicted octanol–water partition coefficient (Wildman–Crippen LogP) is 5.99. The molecule has 0 aliphatic rings. The Hall–Kier alpha value is -5.09. The van der Waals surface area contributed by atoms with Crippen LogP contribution in [0.2, 0.25) is 0 Å². The third-order valence-corrected chi connectivity index (χ3v) is 7.07. The van der Waals surface area contributed by atoms with Crippen LogP contribution < -0.4 is 16.0 Å². The minimum absolute atomic E-state index is 0.107. The minimum Gasteiger partial charge on any atom is -0.361 e. The highest BCUT2D eigenvalue weighted by atomic mass is 32.2. The number of nitrogens with one attached hydrogen (secondary N) is 4. The molecule has 0 unspecified atom stereocenters. The van der Waals surface area contributed by atoms with Crippen molar-refractivity contribution >= 4 is 58.0 Å². The molecule has 0 fully saturated rings. The number of aromatic amines is 1. The van der Waals surface area contributed by atoms with Gasteiger partial charge in [-0.15, -0.1) is 11.8 Å². The molecule has 0 aliphatic heterocycles. The maximum absolute atomic E-state index is 13.4. The topological polar surface area (TPSA) is 129 Å². The quantitative estimate of drug-likeness (QED) is 0.122. The SMILES string of the molecule is Cc1cc(NC(=O)CCSc2ccc(NC(=O)C(=Cc3c[nH]c4ccccc34)NC(=O)c3ccccc3)cc2)no1. The lowest BCUT2D eigenvalue weighted by molar-refractivity contribution is -0.116. The second-order valence-electron chi connectivity index (χ2n) is 9.12. The van der Waals surface area contributed by atoms with Crippen LogP contribution >= 0.6 is 11.8 Å². The zero-order valence-corrected chi connectivity index (χ0v) is 23.0. The number of fused-ring (bicyclic) bond motifs is 1. The fraction of sp³-hybridized carbons (Fsp3) is 0.0968. The summed E-state index contributed by atoms with van der Waals surface area (Å²) in [5.41, 5.74) is 2.81. The number of aromatic nitrogens is 2. The molecular formula is C31H27N5O4S. The Morgan fingerprint density at radius 2 is 1.71 bits per heavy atom. The average molecular weight is 566 g/mol. The van der Waals surface area contributed by atoms with Crippen molar-refractivity contribution < 1.29 is 18.9 Å². The highest BCUT2D eigenvalue weighted by Gasteiger charge is 2.16. The number of aryl methyl sites for hydroxylation is 1. The number of para-hydroxylation sites is 1. The molecule has 10 heteroatoms. The van der Waals surface area contributed by atoms with Gasteiger partial charge in [0.2, 0.25) is 5.91 Å². The zero-order valence-electron chi connectivity index (χ0n) is 22.1. The lowest BCUT2D eigenvalue weighted by atomic mass is 10.1. The standard InChI is InChI=1S/C31H27N5O4S/c1-20-17-28(36-40-20)35-29(37)15-16-41-24-13-11-23(12-14-24)33-31(39)27(34-30(38)21-7-3-2-4-8-21)18-22-19-32-26-10-6-5-9-25(22)26/h2-14,17-19,32H,15-16H2,1H3,(H,33,39)(H,34,38)(H,35,36,37). The molecule has 2 heterocycles. The van der Waals surface area contributed by atoms with Gasteiger partial charge in [0.05, 0.1) is 0 Å². The molecule has 0 bridgehead atoms. The fourth-order valence-electron chi connectivity index (χ4n) is 4.04. The van der Waals surface area contributed by atoms with Crippen LogP contribution in [0.25, 0.3) is 17.0 Å². The lowest BCUT2D eigenvalue weighted by Gasteiger charge is -2.12. The Labute approximate surface area is 240 Å². The van der Waals surface area contributed by atoms with Crippen LogP contribution in [0.1, 0.15) is 28.1 Å². The highest BCUT2D eigenvalue weighted by molar-refractivity contribution is 7.99. The van der Waals surface area contributed by atoms with Crippen molar-refractivity contribution in [2.45, 2.75) is 18.2 Å². The van der Waals surface area contributed by atoms with Gasteiger partial charge >= 0.3 is 0 Å². The van der Waals surface area contributed by atoms with E-state index < -0.39 is 5.91 Å². The fourth-order valence-corrected chi connectivity index (χ4v) is 4.89. The summed E-state index contributed by atoms with van der Waals surface area (Å²) in [6, 6.07) is 25.4. The van der Waals surface area contributed by atoms with Gasteiger partial charge in [-0.05, 0) is 55.5 Å². The third kappa shape index (κ3) is 7.31. The molecule has 0 saturated heterocycles. The van der Waals surface area contributed by atoms with Crippen molar-refractivity contribution in [2.75, 3.05) is 16.4 Å². The van der Waals surface area contributed by atoms with E-state index in [1.165, 1.54) is 11.8 Å². The molecule has 2 aromatic heterocycles. The molecule has 0 aliphatic carbocycles. The Kier molecular flexibility index (Phi) is 8.61. The first kappa shape index (κ1) is 27.5. The van der Waals surface area contributed by atoms with Gasteiger partial charge in [0.15, 0.2) is 5.82 Å². The van der Waals surface area contributed by atoms with Crippen molar-refractivity contribution in [3.05, 3.63) is 114 Å². The van der Waals surface area contributed by atoms with Crippen molar-refractivity contribution in [1.82, 2.24) is 15.5 Å². The number of carbonyl (C=O) groups is 3. The normalized spacial score (nSPS) is 11.3. The van der Waals surface area contributed by atoms with E-state index in [0.29, 0.717) is 35.0 Å². The molecule has 5 rings (SSSR count). The van der Waals surface area contributed by atoms with E-state index in [1.807, 2.05) is 42.5 Å². The molecule has 4 N–H and O–H groups in total. The van der Waals surface area contributed by atoms with Crippen LogP contribution in [0.15, 0.2) is 106 Å². The Bertz CT molecular complexity index is 1710. The van der Waals surface area contributed by atoms with Crippen LogP contribution in [0.3, 0.4) is 0 Å². The van der Waals surface area contributed by atoms with Crippen molar-refractivity contribution in [1.29, 1.82) is 0 Å². The number of nitrogens with zero attached hydrogens (tertiary/aromatic N) is 1. The van der Waals surface area contributed by atoms with Crippen molar-refractivity contribution in [3.63, 3.8) is 0 Å². The second-order valence-corrected chi connectivity index (χ2v) is 10.3. The van der Waals surface area contributed by atoms with E-state index >= 15 is 0 Å². The van der Waals surface area contributed by atoms with Gasteiger partial charge in [-0.3, -0.25) is 14.4 Å². The Morgan fingerprint density at radius 3 is 2.46 bits per heavy atom. The molecule has 5 aromatic rings. The number of H-pyrrole nitrogens is 1. The summed E-state index contributed by atoms with van der Waals surface area (Å²) in [7, 11) is 0. The number of hydrogen-bond acceptors (Lipinski definition) is 6. The first-order valence-corrected chi connectivity index (χ1v) is 13.8. The highest BCUT2D eigenvalue weighted by Crippen LogP contribution is 2.23. The van der Waals surface area contributed by atoms with E-state index in [0.717, 1.165) is 21.4 Å². The molecule has 41 heavy (non-hydrogen) atoms. The predicted molar refractivity (Wildman–Crippen MR) is 160 cm³/mol. The molecular weight excluding hydrogens is 538 g/mol. The van der Waals surface area contributed by atoms with Gasteiger partial charge < -0.3 is 25.5 Å². The van der Waals surface area contributed by atoms with E-state index in [2.05, 4.69) is 26.1 Å². The zero-order chi connectivity index (χ0) is 28.6. The molecule has 9 nitrogen and oxygen atoms in total. The van der Waals surface area contributed by atoms with E-state index in [1.54, 1.807) is 61.7 Å². The molecule has 206 valence electrons. The maximum Gasteiger partial charge on any atom is 0.272 e. The summed E-state index contributed by atoms with van der Waals surface area (Å²) < 4.78 is 4.95. The lowest BCUT2D eigenvalue weighted by Crippen LogP contribution is -2.30.